The predicted molar refractivity (Wildman–Crippen MR) is 161 cm³/mol. The number of Topliss-reactive ketones (excluding diaryl/α,β-unsaturated/α-hetero) is 2. The van der Waals surface area contributed by atoms with Crippen LogP contribution in [-0.4, -0.2) is 58.3 Å². The molecule has 5 rings (SSSR count). The summed E-state index contributed by atoms with van der Waals surface area (Å²) in [5, 5.41) is 35.3. The zero-order chi connectivity index (χ0) is 29.7. The van der Waals surface area contributed by atoms with Crippen LogP contribution in [0.3, 0.4) is 0 Å². The molecule has 1 aliphatic heterocycles. The van der Waals surface area contributed by atoms with Crippen LogP contribution in [0.25, 0.3) is 0 Å². The summed E-state index contributed by atoms with van der Waals surface area (Å²) < 4.78 is 5.28. The third kappa shape index (κ3) is 6.87. The van der Waals surface area contributed by atoms with Gasteiger partial charge in [-0.1, -0.05) is 43.9 Å². The Labute approximate surface area is 250 Å². The Morgan fingerprint density at radius 2 is 1.88 bits per heavy atom. The van der Waals surface area contributed by atoms with E-state index in [4.69, 9.17) is 4.74 Å². The van der Waals surface area contributed by atoms with Gasteiger partial charge in [0.25, 0.3) is 0 Å². The number of ether oxygens (including phenoxy) is 1. The van der Waals surface area contributed by atoms with E-state index in [0.29, 0.717) is 55.1 Å². The van der Waals surface area contributed by atoms with E-state index in [0.717, 1.165) is 43.2 Å². The Bertz CT molecular complexity index is 1180. The van der Waals surface area contributed by atoms with Crippen LogP contribution < -0.4 is 10.1 Å². The second-order valence-corrected chi connectivity index (χ2v) is 13.3. The quantitative estimate of drug-likeness (QED) is 0.241. The third-order valence-electron chi connectivity index (χ3n) is 10.7. The van der Waals surface area contributed by atoms with Crippen molar-refractivity contribution in [3.05, 3.63) is 23.3 Å². The van der Waals surface area contributed by atoms with Crippen LogP contribution in [0.1, 0.15) is 113 Å². The normalized spacial score (nSPS) is 29.7. The second kappa shape index (κ2) is 13.9. The molecule has 0 aromatic heterocycles. The lowest BCUT2D eigenvalue weighted by Crippen LogP contribution is -2.63. The highest BCUT2D eigenvalue weighted by atomic mass is 16.5. The van der Waals surface area contributed by atoms with Gasteiger partial charge in [-0.15, -0.1) is 0 Å². The molecule has 1 aromatic carbocycles. The van der Waals surface area contributed by atoms with Crippen molar-refractivity contribution in [2.24, 2.45) is 17.8 Å². The summed E-state index contributed by atoms with van der Waals surface area (Å²) >= 11 is 0. The van der Waals surface area contributed by atoms with Crippen molar-refractivity contribution in [3.8, 4) is 23.3 Å². The van der Waals surface area contributed by atoms with Gasteiger partial charge in [-0.3, -0.25) is 9.59 Å². The summed E-state index contributed by atoms with van der Waals surface area (Å²) in [5.41, 5.74) is 1.84. The van der Waals surface area contributed by atoms with E-state index in [2.05, 4.69) is 17.2 Å². The number of methoxy groups -OCH3 is 1. The summed E-state index contributed by atoms with van der Waals surface area (Å²) in [5.74, 6) is 7.09. The first kappa shape index (κ1) is 31.0. The van der Waals surface area contributed by atoms with Gasteiger partial charge in [-0.25, -0.2) is 0 Å². The van der Waals surface area contributed by atoms with Crippen LogP contribution in [0.5, 0.6) is 11.5 Å². The SMILES string of the molecule is COc1cc2c(cc1O)[C@H](CCO)C#C[C@H]([C@H](O)CCCC[C@H]1C[C@H]3CCC(=O)C[C@H]3NC13CCCCC3)C(=O)CC2. The number of phenolic OH excluding ortho intramolecular Hbond substituents is 1. The third-order valence-corrected chi connectivity index (χ3v) is 10.7. The van der Waals surface area contributed by atoms with Gasteiger partial charge >= 0.3 is 0 Å². The highest BCUT2D eigenvalue weighted by molar-refractivity contribution is 5.85. The first-order valence-electron chi connectivity index (χ1n) is 16.4. The number of ketones is 2. The second-order valence-electron chi connectivity index (χ2n) is 13.3. The van der Waals surface area contributed by atoms with Crippen LogP contribution in [0, 0.1) is 29.6 Å². The topological polar surface area (TPSA) is 116 Å². The average Bonchev–Trinajstić information content (AvgIpc) is 3.04. The smallest absolute Gasteiger partial charge is 0.160 e. The summed E-state index contributed by atoms with van der Waals surface area (Å²) in [4.78, 5) is 25.5. The molecule has 1 aromatic rings. The number of aryl methyl sites for hydroxylation is 1. The van der Waals surface area contributed by atoms with Crippen LogP contribution in [-0.2, 0) is 16.0 Å². The maximum absolute atomic E-state index is 13.3. The number of phenols is 1. The molecular formula is C35H49NO6. The molecule has 230 valence electrons. The highest BCUT2D eigenvalue weighted by Gasteiger charge is 2.48. The Morgan fingerprint density at radius 3 is 2.64 bits per heavy atom. The van der Waals surface area contributed by atoms with E-state index in [9.17, 15) is 24.9 Å². The molecule has 3 aliphatic carbocycles. The van der Waals surface area contributed by atoms with Crippen molar-refractivity contribution < 1.29 is 29.6 Å². The van der Waals surface area contributed by atoms with E-state index in [1.165, 1.54) is 45.6 Å². The molecule has 7 heteroatoms. The van der Waals surface area contributed by atoms with E-state index in [-0.39, 0.29) is 36.0 Å². The summed E-state index contributed by atoms with van der Waals surface area (Å²) in [6.45, 7) is -0.0673. The van der Waals surface area contributed by atoms with Crippen molar-refractivity contribution in [2.45, 2.75) is 126 Å². The number of fused-ring (bicyclic) bond motifs is 2. The molecule has 0 bridgehead atoms. The standard InChI is InChI=1S/C35H49NO6/c1-42-34-20-24-11-14-32(40)28(13-10-23(15-18-37)29(24)22-33(34)41)31(39)8-4-3-7-26-19-25-9-12-27(38)21-30(25)36-35(26)16-5-2-6-17-35/h20,22-23,25-26,28,30-31,36-37,39,41H,2-9,11-12,14-19,21H2,1H3/t23-,25+,26-,28+,30+,31+/m0/s1. The fourth-order valence-electron chi connectivity index (χ4n) is 8.39. The number of nitrogens with one attached hydrogen (secondary N) is 1. The minimum atomic E-state index is -0.828. The monoisotopic (exact) mass is 579 g/mol. The van der Waals surface area contributed by atoms with Gasteiger partial charge in [-0.05, 0) is 86.5 Å². The molecule has 42 heavy (non-hydrogen) atoms. The van der Waals surface area contributed by atoms with Crippen LogP contribution in [0.4, 0.5) is 0 Å². The van der Waals surface area contributed by atoms with Crippen LogP contribution in [0.15, 0.2) is 12.1 Å². The number of unbranched alkanes of at least 4 members (excludes halogenated alkanes) is 1. The molecule has 4 aliphatic rings. The Hall–Kier alpha value is -2.40. The number of hydrogen-bond acceptors (Lipinski definition) is 7. The van der Waals surface area contributed by atoms with Crippen molar-refractivity contribution in [3.63, 3.8) is 0 Å². The zero-order valence-electron chi connectivity index (χ0n) is 25.2. The first-order valence-corrected chi connectivity index (χ1v) is 16.4. The molecule has 1 saturated heterocycles. The lowest BCUT2D eigenvalue weighted by molar-refractivity contribution is -0.124. The lowest BCUT2D eigenvalue weighted by Gasteiger charge is -2.54. The number of benzene rings is 1. The van der Waals surface area contributed by atoms with Gasteiger partial charge in [0.05, 0.1) is 13.2 Å². The molecule has 2 saturated carbocycles. The van der Waals surface area contributed by atoms with Gasteiger partial charge in [0.1, 0.15) is 11.7 Å². The Balaban J connectivity index is 1.21. The molecule has 1 spiro atoms. The summed E-state index contributed by atoms with van der Waals surface area (Å²) in [7, 11) is 1.49. The van der Waals surface area contributed by atoms with Gasteiger partial charge < -0.3 is 25.4 Å². The molecular weight excluding hydrogens is 530 g/mol. The molecule has 0 amide bonds. The van der Waals surface area contributed by atoms with Gasteiger partial charge in [-0.2, -0.15) is 0 Å². The zero-order valence-corrected chi connectivity index (χ0v) is 25.2. The van der Waals surface area contributed by atoms with E-state index < -0.39 is 12.0 Å². The van der Waals surface area contributed by atoms with Crippen molar-refractivity contribution >= 4 is 11.6 Å². The Kier molecular flexibility index (Phi) is 10.3. The Morgan fingerprint density at radius 1 is 1.07 bits per heavy atom. The summed E-state index contributed by atoms with van der Waals surface area (Å²) in [6.07, 6.45) is 13.6. The molecule has 3 fully saturated rings. The van der Waals surface area contributed by atoms with E-state index in [1.54, 1.807) is 12.1 Å². The number of hydrogen-bond donors (Lipinski definition) is 4. The largest absolute Gasteiger partial charge is 0.504 e. The number of aliphatic hydroxyl groups excluding tert-OH is 2. The molecule has 4 N–H and O–H groups in total. The maximum atomic E-state index is 13.3. The number of aromatic hydroxyl groups is 1. The molecule has 0 radical (unpaired) electrons. The molecule has 0 unspecified atom stereocenters. The molecule has 1 heterocycles. The fourth-order valence-corrected chi connectivity index (χ4v) is 8.39. The fraction of sp³-hybridized carbons (Fsp3) is 0.714. The number of piperidine rings is 1. The predicted octanol–water partition coefficient (Wildman–Crippen LogP) is 4.97. The first-order chi connectivity index (χ1) is 20.3. The molecule has 6 atom stereocenters. The molecule has 7 nitrogen and oxygen atoms in total. The highest BCUT2D eigenvalue weighted by Crippen LogP contribution is 2.47. The lowest BCUT2D eigenvalue weighted by atomic mass is 9.62. The van der Waals surface area contributed by atoms with E-state index >= 15 is 0 Å². The minimum Gasteiger partial charge on any atom is -0.504 e. The van der Waals surface area contributed by atoms with Gasteiger partial charge in [0.15, 0.2) is 17.3 Å². The van der Waals surface area contributed by atoms with Crippen molar-refractivity contribution in [2.75, 3.05) is 13.7 Å². The van der Waals surface area contributed by atoms with Gasteiger partial charge in [0.2, 0.25) is 0 Å². The minimum absolute atomic E-state index is 0.0128. The number of carbonyl (C=O) groups is 2. The maximum Gasteiger partial charge on any atom is 0.160 e. The van der Waals surface area contributed by atoms with Crippen molar-refractivity contribution in [1.29, 1.82) is 0 Å². The number of carbonyl (C=O) groups excluding carboxylic acids is 2. The van der Waals surface area contributed by atoms with Gasteiger partial charge in [0, 0.05) is 43.4 Å². The van der Waals surface area contributed by atoms with Crippen LogP contribution >= 0.6 is 0 Å². The average molecular weight is 580 g/mol. The number of aliphatic hydroxyl groups is 2. The summed E-state index contributed by atoms with van der Waals surface area (Å²) in [6, 6.07) is 3.74. The number of rotatable bonds is 9. The van der Waals surface area contributed by atoms with Crippen molar-refractivity contribution in [1.82, 2.24) is 5.32 Å². The van der Waals surface area contributed by atoms with Crippen LogP contribution in [0.2, 0.25) is 0 Å². The van der Waals surface area contributed by atoms with E-state index in [1.807, 2.05) is 0 Å².